The van der Waals surface area contributed by atoms with E-state index >= 15 is 0 Å². The summed E-state index contributed by atoms with van der Waals surface area (Å²) in [5.41, 5.74) is 3.38. The van der Waals surface area contributed by atoms with E-state index in [4.69, 9.17) is 4.74 Å². The van der Waals surface area contributed by atoms with Gasteiger partial charge in [-0.25, -0.2) is 0 Å². The average Bonchev–Trinajstić information content (AvgIpc) is 2.48. The predicted molar refractivity (Wildman–Crippen MR) is 79.7 cm³/mol. The Hall–Kier alpha value is -1.04. The lowest BCUT2D eigenvalue weighted by Gasteiger charge is -2.26. The van der Waals surface area contributed by atoms with Gasteiger partial charge in [0.1, 0.15) is 0 Å². The van der Waals surface area contributed by atoms with Crippen molar-refractivity contribution in [2.45, 2.75) is 33.2 Å². The summed E-state index contributed by atoms with van der Waals surface area (Å²) in [5.74, 6) is 0. The standard InChI is InChI=1S/C15H26N4O/c1-3-15-14(11-13(2)17-18-15)12-16-5-4-6-19-7-9-20-10-8-19/h11,16H,3-10,12H2,1-2H3. The van der Waals surface area contributed by atoms with Crippen LogP contribution in [0, 0.1) is 6.92 Å². The molecule has 20 heavy (non-hydrogen) atoms. The van der Waals surface area contributed by atoms with Crippen LogP contribution in [0.2, 0.25) is 0 Å². The Morgan fingerprint density at radius 2 is 2.10 bits per heavy atom. The number of morpholine rings is 1. The van der Waals surface area contributed by atoms with Crippen molar-refractivity contribution in [2.75, 3.05) is 39.4 Å². The van der Waals surface area contributed by atoms with Crippen molar-refractivity contribution in [3.8, 4) is 0 Å². The molecule has 0 spiro atoms. The lowest BCUT2D eigenvalue weighted by molar-refractivity contribution is 0.0374. The highest BCUT2D eigenvalue weighted by molar-refractivity contribution is 5.20. The summed E-state index contributed by atoms with van der Waals surface area (Å²) in [6.45, 7) is 11.1. The molecule has 0 radical (unpaired) electrons. The lowest BCUT2D eigenvalue weighted by Crippen LogP contribution is -2.37. The first kappa shape index (κ1) is 15.4. The zero-order chi connectivity index (χ0) is 14.2. The molecule has 0 unspecified atom stereocenters. The third-order valence-corrected chi connectivity index (χ3v) is 3.66. The van der Waals surface area contributed by atoms with Crippen LogP contribution in [0.15, 0.2) is 6.07 Å². The number of hydrogen-bond acceptors (Lipinski definition) is 5. The molecule has 2 rings (SSSR count). The molecule has 1 aromatic rings. The van der Waals surface area contributed by atoms with Crippen molar-refractivity contribution >= 4 is 0 Å². The fraction of sp³-hybridized carbons (Fsp3) is 0.733. The van der Waals surface area contributed by atoms with Gasteiger partial charge in [0.25, 0.3) is 0 Å². The van der Waals surface area contributed by atoms with Gasteiger partial charge in [-0.3, -0.25) is 4.90 Å². The van der Waals surface area contributed by atoms with E-state index in [1.54, 1.807) is 0 Å². The van der Waals surface area contributed by atoms with Crippen molar-refractivity contribution in [1.29, 1.82) is 0 Å². The van der Waals surface area contributed by atoms with Crippen LogP contribution in [-0.4, -0.2) is 54.5 Å². The van der Waals surface area contributed by atoms with E-state index in [2.05, 4.69) is 33.4 Å². The van der Waals surface area contributed by atoms with Crippen molar-refractivity contribution in [3.05, 3.63) is 23.0 Å². The maximum Gasteiger partial charge on any atom is 0.0673 e. The van der Waals surface area contributed by atoms with Crippen molar-refractivity contribution < 1.29 is 4.74 Å². The molecule has 1 saturated heterocycles. The highest BCUT2D eigenvalue weighted by Crippen LogP contribution is 2.07. The van der Waals surface area contributed by atoms with Gasteiger partial charge in [0.15, 0.2) is 0 Å². The van der Waals surface area contributed by atoms with Gasteiger partial charge >= 0.3 is 0 Å². The highest BCUT2D eigenvalue weighted by atomic mass is 16.5. The Kier molecular flexibility index (Phi) is 6.36. The molecule has 2 heterocycles. The van der Waals surface area contributed by atoms with E-state index in [-0.39, 0.29) is 0 Å². The summed E-state index contributed by atoms with van der Waals surface area (Å²) in [4.78, 5) is 2.47. The fourth-order valence-corrected chi connectivity index (χ4v) is 2.49. The first-order valence-electron chi connectivity index (χ1n) is 7.62. The monoisotopic (exact) mass is 278 g/mol. The molecule has 0 saturated carbocycles. The molecular weight excluding hydrogens is 252 g/mol. The number of aryl methyl sites for hydroxylation is 2. The van der Waals surface area contributed by atoms with E-state index < -0.39 is 0 Å². The molecule has 1 aliphatic rings. The smallest absolute Gasteiger partial charge is 0.0673 e. The molecule has 1 fully saturated rings. The Bertz CT molecular complexity index is 405. The number of rotatable bonds is 7. The van der Waals surface area contributed by atoms with Crippen LogP contribution < -0.4 is 5.32 Å². The second kappa shape index (κ2) is 8.29. The first-order valence-corrected chi connectivity index (χ1v) is 7.62. The van der Waals surface area contributed by atoms with Gasteiger partial charge in [-0.05, 0) is 44.5 Å². The maximum absolute atomic E-state index is 5.35. The van der Waals surface area contributed by atoms with E-state index in [1.165, 1.54) is 12.0 Å². The molecule has 1 aliphatic heterocycles. The van der Waals surface area contributed by atoms with Crippen molar-refractivity contribution in [3.63, 3.8) is 0 Å². The minimum atomic E-state index is 0.884. The van der Waals surface area contributed by atoms with E-state index in [0.717, 1.165) is 63.7 Å². The molecule has 5 heteroatoms. The summed E-state index contributed by atoms with van der Waals surface area (Å²) < 4.78 is 5.35. The van der Waals surface area contributed by atoms with Gasteiger partial charge in [-0.15, -0.1) is 0 Å². The largest absolute Gasteiger partial charge is 0.379 e. The summed E-state index contributed by atoms with van der Waals surface area (Å²) >= 11 is 0. The molecule has 1 aromatic heterocycles. The third-order valence-electron chi connectivity index (χ3n) is 3.66. The minimum Gasteiger partial charge on any atom is -0.379 e. The summed E-state index contributed by atoms with van der Waals surface area (Å²) in [6.07, 6.45) is 2.12. The normalized spacial score (nSPS) is 16.5. The van der Waals surface area contributed by atoms with E-state index in [0.29, 0.717) is 0 Å². The maximum atomic E-state index is 5.35. The van der Waals surface area contributed by atoms with E-state index in [9.17, 15) is 0 Å². The quantitative estimate of drug-likeness (QED) is 0.759. The van der Waals surface area contributed by atoms with Gasteiger partial charge in [0, 0.05) is 19.6 Å². The second-order valence-corrected chi connectivity index (χ2v) is 5.30. The van der Waals surface area contributed by atoms with Crippen LogP contribution in [0.3, 0.4) is 0 Å². The number of hydrogen-bond donors (Lipinski definition) is 1. The van der Waals surface area contributed by atoms with Crippen LogP contribution in [-0.2, 0) is 17.7 Å². The zero-order valence-electron chi connectivity index (χ0n) is 12.7. The van der Waals surface area contributed by atoms with Gasteiger partial charge in [0.2, 0.25) is 0 Å². The number of nitrogens with zero attached hydrogens (tertiary/aromatic N) is 3. The molecule has 0 atom stereocenters. The molecule has 0 aliphatic carbocycles. The Balaban J connectivity index is 1.66. The average molecular weight is 278 g/mol. The number of aromatic nitrogens is 2. The number of ether oxygens (including phenoxy) is 1. The Morgan fingerprint density at radius 3 is 2.85 bits per heavy atom. The predicted octanol–water partition coefficient (Wildman–Crippen LogP) is 1.16. The highest BCUT2D eigenvalue weighted by Gasteiger charge is 2.09. The van der Waals surface area contributed by atoms with Gasteiger partial charge in [-0.1, -0.05) is 6.92 Å². The molecular formula is C15H26N4O. The SMILES string of the molecule is CCc1nnc(C)cc1CNCCCN1CCOCC1. The van der Waals surface area contributed by atoms with Gasteiger partial charge < -0.3 is 10.1 Å². The second-order valence-electron chi connectivity index (χ2n) is 5.30. The van der Waals surface area contributed by atoms with Crippen LogP contribution in [0.1, 0.15) is 30.3 Å². The van der Waals surface area contributed by atoms with E-state index in [1.807, 2.05) is 6.92 Å². The third kappa shape index (κ3) is 4.81. The summed E-state index contributed by atoms with van der Waals surface area (Å²) in [6, 6.07) is 2.14. The van der Waals surface area contributed by atoms with Crippen LogP contribution in [0.5, 0.6) is 0 Å². The molecule has 0 amide bonds. The fourth-order valence-electron chi connectivity index (χ4n) is 2.49. The summed E-state index contributed by atoms with van der Waals surface area (Å²) in [7, 11) is 0. The Morgan fingerprint density at radius 1 is 1.30 bits per heavy atom. The van der Waals surface area contributed by atoms with Gasteiger partial charge in [-0.2, -0.15) is 10.2 Å². The number of nitrogens with one attached hydrogen (secondary N) is 1. The van der Waals surface area contributed by atoms with Crippen LogP contribution in [0.4, 0.5) is 0 Å². The molecule has 0 aromatic carbocycles. The molecule has 5 nitrogen and oxygen atoms in total. The van der Waals surface area contributed by atoms with Crippen LogP contribution >= 0.6 is 0 Å². The molecule has 0 bridgehead atoms. The Labute approximate surface area is 121 Å². The minimum absolute atomic E-state index is 0.884. The first-order chi connectivity index (χ1) is 9.79. The van der Waals surface area contributed by atoms with Crippen molar-refractivity contribution in [1.82, 2.24) is 20.4 Å². The lowest BCUT2D eigenvalue weighted by atomic mass is 10.1. The molecule has 1 N–H and O–H groups in total. The topological polar surface area (TPSA) is 50.3 Å². The van der Waals surface area contributed by atoms with Crippen LogP contribution in [0.25, 0.3) is 0 Å². The zero-order valence-corrected chi connectivity index (χ0v) is 12.7. The van der Waals surface area contributed by atoms with Gasteiger partial charge in [0.05, 0.1) is 24.6 Å². The molecule has 112 valence electrons. The summed E-state index contributed by atoms with van der Waals surface area (Å²) in [5, 5.41) is 11.9. The van der Waals surface area contributed by atoms with Crippen molar-refractivity contribution in [2.24, 2.45) is 0 Å².